The fraction of sp³-hybridized carbons (Fsp3) is 0. The van der Waals surface area contributed by atoms with Gasteiger partial charge in [-0.3, -0.25) is 5.41 Å². The third-order valence-electron chi connectivity index (χ3n) is 5.73. The van der Waals surface area contributed by atoms with Crippen LogP contribution in [0, 0.1) is 5.41 Å². The molecule has 0 aliphatic rings. The number of halogens is 1. The highest BCUT2D eigenvalue weighted by atomic mass is 35.5. The van der Waals surface area contributed by atoms with E-state index >= 15 is 0 Å². The zero-order valence-corrected chi connectivity index (χ0v) is 19.1. The summed E-state index contributed by atoms with van der Waals surface area (Å²) in [6.07, 6.45) is 0. The van der Waals surface area contributed by atoms with Crippen LogP contribution < -0.4 is 10.5 Å². The molecule has 0 spiro atoms. The lowest BCUT2D eigenvalue weighted by Crippen LogP contribution is -2.10. The number of nitrogens with one attached hydrogen (secondary N) is 3. The molecule has 0 radical (unpaired) electrons. The number of nitrogens with zero attached hydrogens (tertiary/aromatic N) is 2. The molecular weight excluding hydrogens is 460 g/mol. The fourth-order valence-electron chi connectivity index (χ4n) is 3.98. The summed E-state index contributed by atoms with van der Waals surface area (Å²) in [5, 5.41) is 8.30. The van der Waals surface area contributed by atoms with Crippen molar-refractivity contribution in [3.8, 4) is 34.3 Å². The third-order valence-corrected chi connectivity index (χ3v) is 5.98. The molecule has 0 aliphatic heterocycles. The van der Waals surface area contributed by atoms with Crippen LogP contribution in [0.1, 0.15) is 5.56 Å². The maximum Gasteiger partial charge on any atom is 0.142 e. The van der Waals surface area contributed by atoms with Crippen LogP contribution in [0.4, 0.5) is 0 Å². The Kier molecular flexibility index (Phi) is 4.97. The molecular formula is C27H19ClN6O. The standard InChI is InChI=1S/C27H19ClN6O/c28-17-7-9-18(10-8-17)35-24-4-2-1-3-19(24)27-32-21-12-6-16(14-23(21)34-27)26-31-20-11-5-15(25(29)30)13-22(20)33-26/h1-14H,(H3,29,30)(H,31,33)(H,32,34). The summed E-state index contributed by atoms with van der Waals surface area (Å²) in [7, 11) is 0. The maximum atomic E-state index is 7.65. The van der Waals surface area contributed by atoms with Crippen LogP contribution in [0.5, 0.6) is 11.5 Å². The zero-order chi connectivity index (χ0) is 23.9. The van der Waals surface area contributed by atoms with E-state index in [4.69, 9.17) is 37.4 Å². The van der Waals surface area contributed by atoms with Gasteiger partial charge in [0, 0.05) is 16.1 Å². The lowest BCUT2D eigenvalue weighted by molar-refractivity contribution is 0.484. The summed E-state index contributed by atoms with van der Waals surface area (Å²) < 4.78 is 6.11. The number of nitrogen functional groups attached to an aromatic ring is 1. The van der Waals surface area contributed by atoms with Crippen LogP contribution in [0.25, 0.3) is 44.8 Å². The first-order valence-corrected chi connectivity index (χ1v) is 11.3. The van der Waals surface area contributed by atoms with Gasteiger partial charge in [0.05, 0.1) is 27.6 Å². The van der Waals surface area contributed by atoms with Crippen molar-refractivity contribution in [2.24, 2.45) is 5.73 Å². The van der Waals surface area contributed by atoms with Crippen molar-refractivity contribution in [1.29, 1.82) is 5.41 Å². The van der Waals surface area contributed by atoms with Gasteiger partial charge in [-0.15, -0.1) is 0 Å². The van der Waals surface area contributed by atoms with Gasteiger partial charge in [-0.2, -0.15) is 0 Å². The lowest BCUT2D eigenvalue weighted by Gasteiger charge is -2.09. The van der Waals surface area contributed by atoms with Crippen LogP contribution >= 0.6 is 11.6 Å². The second kappa shape index (κ2) is 8.30. The number of H-pyrrole nitrogens is 2. The first-order valence-electron chi connectivity index (χ1n) is 10.9. The number of fused-ring (bicyclic) bond motifs is 2. The van der Waals surface area contributed by atoms with Crippen LogP contribution in [-0.2, 0) is 0 Å². The number of para-hydroxylation sites is 1. The van der Waals surface area contributed by atoms with Crippen LogP contribution in [0.2, 0.25) is 5.02 Å². The summed E-state index contributed by atoms with van der Waals surface area (Å²) >= 11 is 6.00. The number of nitrogens with two attached hydrogens (primary N) is 1. The molecule has 0 saturated carbocycles. The monoisotopic (exact) mass is 478 g/mol. The highest BCUT2D eigenvalue weighted by Gasteiger charge is 2.13. The van der Waals surface area contributed by atoms with Gasteiger partial charge < -0.3 is 20.4 Å². The summed E-state index contributed by atoms with van der Waals surface area (Å²) in [4.78, 5) is 16.2. The Morgan fingerprint density at radius 1 is 0.800 bits per heavy atom. The van der Waals surface area contributed by atoms with E-state index in [9.17, 15) is 0 Å². The molecule has 2 aromatic heterocycles. The molecule has 0 aliphatic carbocycles. The first-order chi connectivity index (χ1) is 17.0. The van der Waals surface area contributed by atoms with Gasteiger partial charge in [0.15, 0.2) is 0 Å². The number of rotatable bonds is 5. The predicted octanol–water partition coefficient (Wildman–Crippen LogP) is 6.50. The Bertz CT molecular complexity index is 1720. The Morgan fingerprint density at radius 2 is 1.49 bits per heavy atom. The molecule has 0 atom stereocenters. The van der Waals surface area contributed by atoms with Gasteiger partial charge in [-0.25, -0.2) is 9.97 Å². The highest BCUT2D eigenvalue weighted by Crippen LogP contribution is 2.34. The molecule has 6 rings (SSSR count). The predicted molar refractivity (Wildman–Crippen MR) is 139 cm³/mol. The highest BCUT2D eigenvalue weighted by molar-refractivity contribution is 6.30. The number of aromatic amines is 2. The molecule has 0 bridgehead atoms. The Labute approximate surface area is 205 Å². The minimum Gasteiger partial charge on any atom is -0.457 e. The average molecular weight is 479 g/mol. The summed E-state index contributed by atoms with van der Waals surface area (Å²) in [5.74, 6) is 2.84. The number of imidazole rings is 2. The third kappa shape index (κ3) is 3.98. The first kappa shape index (κ1) is 20.9. The van der Waals surface area contributed by atoms with Gasteiger partial charge >= 0.3 is 0 Å². The second-order valence-corrected chi connectivity index (χ2v) is 8.54. The van der Waals surface area contributed by atoms with Gasteiger partial charge in [-0.05, 0) is 72.8 Å². The minimum absolute atomic E-state index is 0.0229. The topological polar surface area (TPSA) is 116 Å². The van der Waals surface area contributed by atoms with E-state index in [1.807, 2.05) is 66.7 Å². The van der Waals surface area contributed by atoms with Gasteiger partial charge in [0.25, 0.3) is 0 Å². The van der Waals surface area contributed by atoms with Crippen molar-refractivity contribution in [3.63, 3.8) is 0 Å². The van der Waals surface area contributed by atoms with Crippen molar-refractivity contribution in [2.75, 3.05) is 0 Å². The van der Waals surface area contributed by atoms with Crippen molar-refractivity contribution in [1.82, 2.24) is 19.9 Å². The van der Waals surface area contributed by atoms with E-state index in [2.05, 4.69) is 9.97 Å². The summed E-state index contributed by atoms with van der Waals surface area (Å²) in [6, 6.07) is 26.4. The van der Waals surface area contributed by atoms with Crippen molar-refractivity contribution >= 4 is 39.5 Å². The number of hydrogen-bond donors (Lipinski definition) is 4. The van der Waals surface area contributed by atoms with Crippen molar-refractivity contribution < 1.29 is 4.74 Å². The molecule has 0 unspecified atom stereocenters. The Morgan fingerprint density at radius 3 is 2.29 bits per heavy atom. The number of aromatic nitrogens is 4. The van der Waals surface area contributed by atoms with Crippen molar-refractivity contribution in [3.05, 3.63) is 95.5 Å². The summed E-state index contributed by atoms with van der Waals surface area (Å²) in [5.41, 5.74) is 11.4. The largest absolute Gasteiger partial charge is 0.457 e. The molecule has 4 aromatic carbocycles. The van der Waals surface area contributed by atoms with Crippen LogP contribution in [0.15, 0.2) is 84.9 Å². The normalized spacial score (nSPS) is 11.2. The second-order valence-electron chi connectivity index (χ2n) is 8.10. The molecule has 170 valence electrons. The Balaban J connectivity index is 1.36. The van der Waals surface area contributed by atoms with E-state index < -0.39 is 0 Å². The van der Waals surface area contributed by atoms with Gasteiger partial charge in [0.2, 0.25) is 0 Å². The molecule has 35 heavy (non-hydrogen) atoms. The molecule has 8 heteroatoms. The molecule has 0 fully saturated rings. The molecule has 2 heterocycles. The molecule has 5 N–H and O–H groups in total. The smallest absolute Gasteiger partial charge is 0.142 e. The Hall–Kier alpha value is -4.62. The maximum absolute atomic E-state index is 7.65. The quantitative estimate of drug-likeness (QED) is 0.167. The minimum atomic E-state index is 0.0229. The van der Waals surface area contributed by atoms with Crippen LogP contribution in [0.3, 0.4) is 0 Å². The van der Waals surface area contributed by atoms with E-state index in [0.717, 1.165) is 39.0 Å². The zero-order valence-electron chi connectivity index (χ0n) is 18.3. The van der Waals surface area contributed by atoms with Crippen LogP contribution in [-0.4, -0.2) is 25.8 Å². The van der Waals surface area contributed by atoms with E-state index in [1.54, 1.807) is 18.2 Å². The average Bonchev–Trinajstić information content (AvgIpc) is 3.49. The number of hydrogen-bond acceptors (Lipinski definition) is 4. The lowest BCUT2D eigenvalue weighted by atomic mass is 10.2. The number of ether oxygens (including phenoxy) is 1. The van der Waals surface area contributed by atoms with E-state index in [1.165, 1.54) is 0 Å². The summed E-state index contributed by atoms with van der Waals surface area (Å²) in [6.45, 7) is 0. The van der Waals surface area contributed by atoms with Crippen molar-refractivity contribution in [2.45, 2.75) is 0 Å². The van der Waals surface area contributed by atoms with E-state index in [-0.39, 0.29) is 5.84 Å². The van der Waals surface area contributed by atoms with E-state index in [0.29, 0.717) is 27.9 Å². The van der Waals surface area contributed by atoms with Gasteiger partial charge in [0.1, 0.15) is 29.0 Å². The van der Waals surface area contributed by atoms with Gasteiger partial charge in [-0.1, -0.05) is 23.7 Å². The molecule has 7 nitrogen and oxygen atoms in total. The molecule has 6 aromatic rings. The molecule has 0 saturated heterocycles. The number of benzene rings is 4. The SMILES string of the molecule is N=C(N)c1ccc2nc(-c3ccc4nc(-c5ccccc5Oc5ccc(Cl)cc5)[nH]c4c3)[nH]c2c1. The fourth-order valence-corrected chi connectivity index (χ4v) is 4.11. The molecule has 0 amide bonds. The number of amidine groups is 1.